The summed E-state index contributed by atoms with van der Waals surface area (Å²) in [5, 5.41) is 1.81. The van der Waals surface area contributed by atoms with Gasteiger partial charge < -0.3 is 4.57 Å². The maximum absolute atomic E-state index is 13.6. The largest absolute Gasteiger partial charge is 0.347 e. The van der Waals surface area contributed by atoms with Crippen molar-refractivity contribution in [3.8, 4) is 5.69 Å². The van der Waals surface area contributed by atoms with Gasteiger partial charge in [0.15, 0.2) is 0 Å². The quantitative estimate of drug-likeness (QED) is 0.258. The highest BCUT2D eigenvalue weighted by molar-refractivity contribution is 14.1. The van der Waals surface area contributed by atoms with Gasteiger partial charge in [-0.1, -0.05) is 30.3 Å². The molecule has 0 unspecified atom stereocenters. The van der Waals surface area contributed by atoms with Crippen molar-refractivity contribution >= 4 is 56.5 Å². The van der Waals surface area contributed by atoms with E-state index < -0.39 is 0 Å². The third-order valence-corrected chi connectivity index (χ3v) is 6.63. The molecule has 0 bridgehead atoms. The number of aryl methyl sites for hydroxylation is 2. The zero-order chi connectivity index (χ0) is 22.4. The van der Waals surface area contributed by atoms with Crippen LogP contribution in [0.3, 0.4) is 0 Å². The third kappa shape index (κ3) is 3.46. The van der Waals surface area contributed by atoms with Crippen LogP contribution in [-0.4, -0.2) is 14.1 Å². The third-order valence-electron chi connectivity index (χ3n) is 5.96. The van der Waals surface area contributed by atoms with Crippen LogP contribution in [0.25, 0.3) is 39.6 Å². The number of nitrogens with zero attached hydrogens (tertiary/aromatic N) is 3. The van der Waals surface area contributed by atoms with Gasteiger partial charge in [-0.05, 0) is 90.6 Å². The van der Waals surface area contributed by atoms with Crippen LogP contribution < -0.4 is 5.56 Å². The number of para-hydroxylation sites is 1. The van der Waals surface area contributed by atoms with Gasteiger partial charge in [0.2, 0.25) is 0 Å². The number of halogens is 1. The van der Waals surface area contributed by atoms with Crippen molar-refractivity contribution in [1.82, 2.24) is 14.1 Å². The fourth-order valence-corrected chi connectivity index (χ4v) is 4.71. The summed E-state index contributed by atoms with van der Waals surface area (Å²) in [7, 11) is 2.08. The van der Waals surface area contributed by atoms with Crippen molar-refractivity contribution in [3.05, 3.63) is 103 Å². The maximum atomic E-state index is 13.6. The molecule has 0 spiro atoms. The van der Waals surface area contributed by atoms with Gasteiger partial charge in [0.25, 0.3) is 5.56 Å². The second-order valence-electron chi connectivity index (χ2n) is 8.02. The van der Waals surface area contributed by atoms with E-state index in [4.69, 9.17) is 4.98 Å². The van der Waals surface area contributed by atoms with Crippen LogP contribution in [0.2, 0.25) is 0 Å². The smallest absolute Gasteiger partial charge is 0.266 e. The van der Waals surface area contributed by atoms with Gasteiger partial charge in [-0.15, -0.1) is 0 Å². The number of aromatic nitrogens is 3. The Morgan fingerprint density at radius 3 is 2.53 bits per heavy atom. The molecule has 5 rings (SSSR count). The Balaban J connectivity index is 1.77. The molecule has 2 heterocycles. The lowest BCUT2D eigenvalue weighted by Gasteiger charge is -2.12. The maximum Gasteiger partial charge on any atom is 0.266 e. The lowest BCUT2D eigenvalue weighted by Crippen LogP contribution is -2.22. The van der Waals surface area contributed by atoms with Gasteiger partial charge in [0.05, 0.1) is 16.6 Å². The van der Waals surface area contributed by atoms with Crippen molar-refractivity contribution in [2.24, 2.45) is 7.05 Å². The predicted octanol–water partition coefficient (Wildman–Crippen LogP) is 6.27. The van der Waals surface area contributed by atoms with Gasteiger partial charge in [0, 0.05) is 32.8 Å². The molecular formula is C27H22IN3O. The van der Waals surface area contributed by atoms with E-state index in [1.807, 2.05) is 55.5 Å². The predicted molar refractivity (Wildman–Crippen MR) is 141 cm³/mol. The fourth-order valence-electron chi connectivity index (χ4n) is 4.22. The Kier molecular flexibility index (Phi) is 5.21. The molecule has 4 nitrogen and oxygen atoms in total. The van der Waals surface area contributed by atoms with Gasteiger partial charge >= 0.3 is 0 Å². The van der Waals surface area contributed by atoms with Crippen LogP contribution in [0.5, 0.6) is 0 Å². The number of benzene rings is 3. The minimum atomic E-state index is -0.0617. The molecule has 3 aromatic carbocycles. The van der Waals surface area contributed by atoms with E-state index in [1.54, 1.807) is 4.57 Å². The molecule has 0 saturated heterocycles. The molecule has 2 aromatic heterocycles. The molecule has 0 atom stereocenters. The van der Waals surface area contributed by atoms with E-state index in [0.717, 1.165) is 20.4 Å². The highest BCUT2D eigenvalue weighted by atomic mass is 127. The molecule has 158 valence electrons. The van der Waals surface area contributed by atoms with E-state index in [0.29, 0.717) is 16.7 Å². The Morgan fingerprint density at radius 2 is 1.72 bits per heavy atom. The van der Waals surface area contributed by atoms with Crippen molar-refractivity contribution < 1.29 is 0 Å². The summed E-state index contributed by atoms with van der Waals surface area (Å²) in [6, 6.07) is 22.1. The fraction of sp³-hybridized carbons (Fsp3) is 0.111. The normalized spacial score (nSPS) is 11.8. The molecule has 5 heteroatoms. The van der Waals surface area contributed by atoms with Crippen molar-refractivity contribution in [1.29, 1.82) is 0 Å². The van der Waals surface area contributed by atoms with Crippen LogP contribution in [0.4, 0.5) is 0 Å². The number of hydrogen-bond acceptors (Lipinski definition) is 2. The van der Waals surface area contributed by atoms with E-state index >= 15 is 0 Å². The minimum Gasteiger partial charge on any atom is -0.347 e. The standard InChI is InChI=1S/C27H22IN3O/c1-17-7-6-8-20(15-17)31-26(29-24-13-11-19(28)16-23(24)27(31)32)14-12-21-18(2)30(3)25-10-5-4-9-22(21)25/h4-16H,1-3H3. The molecule has 0 amide bonds. The lowest BCUT2D eigenvalue weighted by atomic mass is 10.1. The topological polar surface area (TPSA) is 39.8 Å². The first-order valence-electron chi connectivity index (χ1n) is 10.5. The summed E-state index contributed by atoms with van der Waals surface area (Å²) < 4.78 is 4.92. The van der Waals surface area contributed by atoms with Gasteiger partial charge in [-0.25, -0.2) is 4.98 Å². The summed E-state index contributed by atoms with van der Waals surface area (Å²) >= 11 is 2.23. The van der Waals surface area contributed by atoms with Crippen molar-refractivity contribution in [2.75, 3.05) is 0 Å². The Morgan fingerprint density at radius 1 is 0.906 bits per heavy atom. The van der Waals surface area contributed by atoms with Gasteiger partial charge in [-0.3, -0.25) is 9.36 Å². The van der Waals surface area contributed by atoms with Crippen LogP contribution in [0, 0.1) is 17.4 Å². The molecule has 0 N–H and O–H groups in total. The van der Waals surface area contributed by atoms with Gasteiger partial charge in [-0.2, -0.15) is 0 Å². The summed E-state index contributed by atoms with van der Waals surface area (Å²) in [5.74, 6) is 0.613. The van der Waals surface area contributed by atoms with Gasteiger partial charge in [0.1, 0.15) is 5.82 Å². The lowest BCUT2D eigenvalue weighted by molar-refractivity contribution is 0.916. The summed E-state index contributed by atoms with van der Waals surface area (Å²) in [4.78, 5) is 18.5. The molecule has 32 heavy (non-hydrogen) atoms. The molecule has 0 fully saturated rings. The van der Waals surface area contributed by atoms with Crippen LogP contribution in [-0.2, 0) is 7.05 Å². The zero-order valence-corrected chi connectivity index (χ0v) is 20.3. The first-order chi connectivity index (χ1) is 15.4. The van der Waals surface area contributed by atoms with E-state index in [9.17, 15) is 4.79 Å². The molecule has 0 saturated carbocycles. The highest BCUT2D eigenvalue weighted by Gasteiger charge is 2.13. The average molecular weight is 531 g/mol. The molecule has 0 aliphatic rings. The Bertz CT molecular complexity index is 1590. The number of rotatable bonds is 3. The van der Waals surface area contributed by atoms with Crippen LogP contribution >= 0.6 is 22.6 Å². The van der Waals surface area contributed by atoms with E-state index in [1.165, 1.54) is 16.6 Å². The summed E-state index contributed by atoms with van der Waals surface area (Å²) in [6.07, 6.45) is 4.03. The Labute approximate surface area is 200 Å². The van der Waals surface area contributed by atoms with E-state index in [-0.39, 0.29) is 5.56 Å². The zero-order valence-electron chi connectivity index (χ0n) is 18.1. The van der Waals surface area contributed by atoms with E-state index in [2.05, 4.69) is 71.5 Å². The summed E-state index contributed by atoms with van der Waals surface area (Å²) in [5.41, 5.74) is 6.04. The molecule has 0 aliphatic heterocycles. The first-order valence-corrected chi connectivity index (χ1v) is 11.5. The second-order valence-corrected chi connectivity index (χ2v) is 9.27. The molecule has 5 aromatic rings. The molecule has 0 aliphatic carbocycles. The summed E-state index contributed by atoms with van der Waals surface area (Å²) in [6.45, 7) is 4.14. The second kappa shape index (κ2) is 8.06. The number of fused-ring (bicyclic) bond motifs is 2. The minimum absolute atomic E-state index is 0.0617. The molecule has 0 radical (unpaired) electrons. The van der Waals surface area contributed by atoms with Crippen molar-refractivity contribution in [2.45, 2.75) is 13.8 Å². The number of hydrogen-bond donors (Lipinski definition) is 0. The SMILES string of the molecule is Cc1cccc(-n2c(C=Cc3c(C)n(C)c4ccccc34)nc3ccc(I)cc3c2=O)c1. The molecular weight excluding hydrogens is 509 g/mol. The van der Waals surface area contributed by atoms with Crippen LogP contribution in [0.1, 0.15) is 22.6 Å². The first kappa shape index (κ1) is 20.7. The Hall–Kier alpha value is -3.19. The van der Waals surface area contributed by atoms with Crippen LogP contribution in [0.15, 0.2) is 71.5 Å². The van der Waals surface area contributed by atoms with Crippen molar-refractivity contribution in [3.63, 3.8) is 0 Å². The monoisotopic (exact) mass is 531 g/mol. The highest BCUT2D eigenvalue weighted by Crippen LogP contribution is 2.27. The average Bonchev–Trinajstić information content (AvgIpc) is 3.03.